The summed E-state index contributed by atoms with van der Waals surface area (Å²) in [6.07, 6.45) is 2.72. The maximum atomic E-state index is 12.2. The lowest BCUT2D eigenvalue weighted by Crippen LogP contribution is -2.34. The highest BCUT2D eigenvalue weighted by atomic mass is 16.5. The zero-order valence-corrected chi connectivity index (χ0v) is 12.1. The highest BCUT2D eigenvalue weighted by Crippen LogP contribution is 2.25. The molecular formula is C15H21N3O3. The van der Waals surface area contributed by atoms with E-state index in [9.17, 15) is 9.59 Å². The third-order valence-electron chi connectivity index (χ3n) is 3.60. The monoisotopic (exact) mass is 291 g/mol. The van der Waals surface area contributed by atoms with Gasteiger partial charge in [-0.2, -0.15) is 0 Å². The Kier molecular flexibility index (Phi) is 5.30. The number of ether oxygens (including phenoxy) is 1. The Balaban J connectivity index is 1.97. The Hall–Kier alpha value is -1.92. The van der Waals surface area contributed by atoms with Crippen molar-refractivity contribution in [2.24, 2.45) is 11.7 Å². The molecule has 114 valence electrons. The van der Waals surface area contributed by atoms with E-state index in [1.54, 1.807) is 24.3 Å². The molecule has 0 aliphatic heterocycles. The van der Waals surface area contributed by atoms with Crippen LogP contribution >= 0.6 is 0 Å². The first kappa shape index (κ1) is 15.5. The van der Waals surface area contributed by atoms with Crippen molar-refractivity contribution in [1.29, 1.82) is 0 Å². The lowest BCUT2D eigenvalue weighted by atomic mass is 10.0. The van der Waals surface area contributed by atoms with Gasteiger partial charge in [0.15, 0.2) is 0 Å². The van der Waals surface area contributed by atoms with Gasteiger partial charge in [-0.3, -0.25) is 9.59 Å². The summed E-state index contributed by atoms with van der Waals surface area (Å²) in [5.41, 5.74) is 7.19. The lowest BCUT2D eigenvalue weighted by Gasteiger charge is -2.15. The highest BCUT2D eigenvalue weighted by molar-refractivity contribution is 5.95. The second-order valence-corrected chi connectivity index (χ2v) is 5.25. The molecule has 1 aromatic carbocycles. The Labute approximate surface area is 124 Å². The quantitative estimate of drug-likeness (QED) is 0.763. The molecule has 0 saturated heterocycles. The first-order valence-corrected chi connectivity index (χ1v) is 7.05. The number of anilines is 2. The molecule has 21 heavy (non-hydrogen) atoms. The van der Waals surface area contributed by atoms with Crippen molar-refractivity contribution < 1.29 is 14.3 Å². The zero-order chi connectivity index (χ0) is 15.2. The van der Waals surface area contributed by atoms with Crippen molar-refractivity contribution in [2.75, 3.05) is 24.4 Å². The highest BCUT2D eigenvalue weighted by Gasteiger charge is 2.30. The summed E-state index contributed by atoms with van der Waals surface area (Å²) >= 11 is 0. The number of hydrogen-bond donors (Lipinski definition) is 3. The van der Waals surface area contributed by atoms with Gasteiger partial charge >= 0.3 is 0 Å². The Morgan fingerprint density at radius 3 is 2.62 bits per heavy atom. The molecule has 0 aromatic heterocycles. The van der Waals surface area contributed by atoms with Gasteiger partial charge < -0.3 is 21.1 Å². The molecule has 2 amide bonds. The second-order valence-electron chi connectivity index (χ2n) is 5.25. The van der Waals surface area contributed by atoms with E-state index in [4.69, 9.17) is 10.5 Å². The summed E-state index contributed by atoms with van der Waals surface area (Å²) in [4.78, 5) is 23.6. The molecule has 0 heterocycles. The summed E-state index contributed by atoms with van der Waals surface area (Å²) in [5, 5.41) is 5.55. The smallest absolute Gasteiger partial charge is 0.250 e. The molecule has 1 saturated carbocycles. The van der Waals surface area contributed by atoms with Crippen molar-refractivity contribution in [3.8, 4) is 0 Å². The van der Waals surface area contributed by atoms with E-state index in [0.29, 0.717) is 11.4 Å². The SMILES string of the molecule is COCC(=O)Nc1cccc(NC(=O)C2CCCC2N)c1. The van der Waals surface area contributed by atoms with Crippen LogP contribution in [0.25, 0.3) is 0 Å². The number of nitrogens with one attached hydrogen (secondary N) is 2. The summed E-state index contributed by atoms with van der Waals surface area (Å²) in [5.74, 6) is -0.420. The van der Waals surface area contributed by atoms with Gasteiger partial charge in [-0.25, -0.2) is 0 Å². The standard InChI is InChI=1S/C15H21N3O3/c1-21-9-14(19)17-10-4-2-5-11(8-10)18-15(20)12-6-3-7-13(12)16/h2,4-5,8,12-13H,3,6-7,9,16H2,1H3,(H,17,19)(H,18,20). The average Bonchev–Trinajstić information content (AvgIpc) is 2.85. The number of rotatable bonds is 5. The first-order valence-electron chi connectivity index (χ1n) is 7.05. The minimum Gasteiger partial charge on any atom is -0.375 e. The summed E-state index contributed by atoms with van der Waals surface area (Å²) in [6, 6.07) is 6.96. The molecule has 4 N–H and O–H groups in total. The van der Waals surface area contributed by atoms with Gasteiger partial charge in [0, 0.05) is 24.5 Å². The van der Waals surface area contributed by atoms with Gasteiger partial charge in [-0.15, -0.1) is 0 Å². The van der Waals surface area contributed by atoms with E-state index in [1.807, 2.05) is 0 Å². The van der Waals surface area contributed by atoms with Crippen LogP contribution in [0.1, 0.15) is 19.3 Å². The first-order chi connectivity index (χ1) is 10.1. The number of carbonyl (C=O) groups excluding carboxylic acids is 2. The normalized spacial score (nSPS) is 21.0. The number of benzene rings is 1. The van der Waals surface area contributed by atoms with Gasteiger partial charge in [-0.1, -0.05) is 12.5 Å². The van der Waals surface area contributed by atoms with Gasteiger partial charge in [0.1, 0.15) is 6.61 Å². The van der Waals surface area contributed by atoms with Crippen LogP contribution in [0, 0.1) is 5.92 Å². The number of methoxy groups -OCH3 is 1. The molecule has 0 bridgehead atoms. The van der Waals surface area contributed by atoms with Gasteiger partial charge in [-0.05, 0) is 31.0 Å². The molecule has 2 rings (SSSR count). The fourth-order valence-electron chi connectivity index (χ4n) is 2.55. The van der Waals surface area contributed by atoms with Crippen LogP contribution in [-0.2, 0) is 14.3 Å². The fourth-order valence-corrected chi connectivity index (χ4v) is 2.55. The number of carbonyl (C=O) groups is 2. The molecule has 0 spiro atoms. The molecular weight excluding hydrogens is 270 g/mol. The van der Waals surface area contributed by atoms with Crippen LogP contribution in [0.2, 0.25) is 0 Å². The molecule has 6 heteroatoms. The number of hydrogen-bond acceptors (Lipinski definition) is 4. The van der Waals surface area contributed by atoms with E-state index < -0.39 is 0 Å². The van der Waals surface area contributed by atoms with Crippen molar-refractivity contribution in [1.82, 2.24) is 0 Å². The molecule has 0 radical (unpaired) electrons. The minimum absolute atomic E-state index is 0.00643. The summed E-state index contributed by atoms with van der Waals surface area (Å²) < 4.78 is 4.75. The Morgan fingerprint density at radius 2 is 2.00 bits per heavy atom. The third kappa shape index (κ3) is 4.27. The molecule has 1 aliphatic carbocycles. The summed E-state index contributed by atoms with van der Waals surface area (Å²) in [6.45, 7) is -0.00643. The number of nitrogens with two attached hydrogens (primary N) is 1. The molecule has 1 aromatic rings. The van der Waals surface area contributed by atoms with Crippen molar-refractivity contribution in [3.63, 3.8) is 0 Å². The molecule has 1 aliphatic rings. The van der Waals surface area contributed by atoms with Crippen molar-refractivity contribution in [2.45, 2.75) is 25.3 Å². The molecule has 2 unspecified atom stereocenters. The number of amides is 2. The van der Waals surface area contributed by atoms with E-state index in [0.717, 1.165) is 19.3 Å². The van der Waals surface area contributed by atoms with Gasteiger partial charge in [0.05, 0.1) is 5.92 Å². The lowest BCUT2D eigenvalue weighted by molar-refractivity contribution is -0.120. The van der Waals surface area contributed by atoms with Crippen molar-refractivity contribution in [3.05, 3.63) is 24.3 Å². The topological polar surface area (TPSA) is 93.5 Å². The van der Waals surface area contributed by atoms with E-state index in [2.05, 4.69) is 10.6 Å². The van der Waals surface area contributed by atoms with Crippen LogP contribution in [0.3, 0.4) is 0 Å². The minimum atomic E-state index is -0.237. The van der Waals surface area contributed by atoms with E-state index in [-0.39, 0.29) is 30.4 Å². The largest absolute Gasteiger partial charge is 0.375 e. The Bertz CT molecular complexity index is 519. The third-order valence-corrected chi connectivity index (χ3v) is 3.60. The van der Waals surface area contributed by atoms with Crippen LogP contribution in [0.4, 0.5) is 11.4 Å². The van der Waals surface area contributed by atoms with Gasteiger partial charge in [0.2, 0.25) is 11.8 Å². The van der Waals surface area contributed by atoms with E-state index in [1.165, 1.54) is 7.11 Å². The Morgan fingerprint density at radius 1 is 1.29 bits per heavy atom. The molecule has 6 nitrogen and oxygen atoms in total. The molecule has 2 atom stereocenters. The van der Waals surface area contributed by atoms with Gasteiger partial charge in [0.25, 0.3) is 0 Å². The fraction of sp³-hybridized carbons (Fsp3) is 0.467. The van der Waals surface area contributed by atoms with Crippen LogP contribution in [-0.4, -0.2) is 31.6 Å². The maximum Gasteiger partial charge on any atom is 0.250 e. The predicted octanol–water partition coefficient (Wildman–Crippen LogP) is 1.34. The summed E-state index contributed by atoms with van der Waals surface area (Å²) in [7, 11) is 1.46. The maximum absolute atomic E-state index is 12.2. The zero-order valence-electron chi connectivity index (χ0n) is 12.1. The van der Waals surface area contributed by atoms with Crippen LogP contribution in [0.15, 0.2) is 24.3 Å². The molecule has 1 fully saturated rings. The van der Waals surface area contributed by atoms with Crippen LogP contribution in [0.5, 0.6) is 0 Å². The van der Waals surface area contributed by atoms with Crippen molar-refractivity contribution >= 4 is 23.2 Å². The predicted molar refractivity (Wildman–Crippen MR) is 80.9 cm³/mol. The second kappa shape index (κ2) is 7.19. The van der Waals surface area contributed by atoms with Crippen LogP contribution < -0.4 is 16.4 Å². The van der Waals surface area contributed by atoms with E-state index >= 15 is 0 Å². The average molecular weight is 291 g/mol.